The summed E-state index contributed by atoms with van der Waals surface area (Å²) >= 11 is 0. The molecule has 1 aliphatic rings. The van der Waals surface area contributed by atoms with Gasteiger partial charge in [-0.15, -0.1) is 0 Å². The molecule has 0 fully saturated rings. The lowest BCUT2D eigenvalue weighted by molar-refractivity contribution is -0.123. The summed E-state index contributed by atoms with van der Waals surface area (Å²) < 4.78 is 5.50. The fourth-order valence-electron chi connectivity index (χ4n) is 1.91. The van der Waals surface area contributed by atoms with Crippen LogP contribution in [0.4, 0.5) is 0 Å². The zero-order valence-corrected chi connectivity index (χ0v) is 10.8. The molecule has 1 aliphatic heterocycles. The summed E-state index contributed by atoms with van der Waals surface area (Å²) in [7, 11) is 0. The number of likely N-dealkylation sites (N-methyl/N-ethyl adjacent to an activating group) is 1. The van der Waals surface area contributed by atoms with E-state index >= 15 is 0 Å². The lowest BCUT2D eigenvalue weighted by Crippen LogP contribution is -2.32. The van der Waals surface area contributed by atoms with Crippen LogP contribution in [0.1, 0.15) is 38.7 Å². The summed E-state index contributed by atoms with van der Waals surface area (Å²) in [5.74, 6) is 0.906. The van der Waals surface area contributed by atoms with Gasteiger partial charge in [0, 0.05) is 12.1 Å². The van der Waals surface area contributed by atoms with Crippen molar-refractivity contribution in [1.82, 2.24) is 5.32 Å². The van der Waals surface area contributed by atoms with Crippen LogP contribution in [0.2, 0.25) is 0 Å². The van der Waals surface area contributed by atoms with E-state index in [2.05, 4.69) is 5.32 Å². The van der Waals surface area contributed by atoms with Crippen LogP contribution in [0.3, 0.4) is 0 Å². The van der Waals surface area contributed by atoms with Gasteiger partial charge < -0.3 is 10.1 Å². The first-order valence-electron chi connectivity index (χ1n) is 6.32. The normalized spacial score (nSPS) is 17.0. The largest absolute Gasteiger partial charge is 0.493 e. The second kappa shape index (κ2) is 6.94. The van der Waals surface area contributed by atoms with Crippen molar-refractivity contribution in [3.05, 3.63) is 29.8 Å². The van der Waals surface area contributed by atoms with Gasteiger partial charge >= 0.3 is 0 Å². The van der Waals surface area contributed by atoms with Gasteiger partial charge in [0.15, 0.2) is 0 Å². The Kier molecular flexibility index (Phi) is 5.53. The lowest BCUT2D eigenvalue weighted by Gasteiger charge is -2.24. The van der Waals surface area contributed by atoms with E-state index in [1.165, 1.54) is 0 Å². The third-order valence-electron chi connectivity index (χ3n) is 2.63. The molecule has 1 heterocycles. The van der Waals surface area contributed by atoms with Gasteiger partial charge in [-0.25, -0.2) is 0 Å². The van der Waals surface area contributed by atoms with Crippen molar-refractivity contribution >= 4 is 5.91 Å². The highest BCUT2D eigenvalue weighted by Gasteiger charge is 2.26. The number of benzene rings is 1. The Labute approximate surface area is 103 Å². The van der Waals surface area contributed by atoms with Crippen molar-refractivity contribution in [3.8, 4) is 5.75 Å². The van der Waals surface area contributed by atoms with E-state index in [4.69, 9.17) is 4.74 Å². The molecular weight excluding hydrogens is 214 g/mol. The minimum absolute atomic E-state index is 0.0464. The zero-order chi connectivity index (χ0) is 12.7. The molecule has 1 unspecified atom stereocenters. The quantitative estimate of drug-likeness (QED) is 0.856. The molecule has 3 heteroatoms. The molecule has 17 heavy (non-hydrogen) atoms. The van der Waals surface area contributed by atoms with Gasteiger partial charge in [0.25, 0.3) is 0 Å². The van der Waals surface area contributed by atoms with E-state index in [-0.39, 0.29) is 11.8 Å². The van der Waals surface area contributed by atoms with Crippen LogP contribution in [-0.4, -0.2) is 19.1 Å². The van der Waals surface area contributed by atoms with Gasteiger partial charge in [0.1, 0.15) is 5.75 Å². The number of nitrogens with one attached hydrogen (secondary N) is 1. The Bertz CT molecular complexity index is 363. The number of carbonyl (C=O) groups excluding carboxylic acids is 1. The van der Waals surface area contributed by atoms with Crippen LogP contribution in [-0.2, 0) is 4.79 Å². The number of ether oxygens (including phenoxy) is 1. The van der Waals surface area contributed by atoms with Crippen molar-refractivity contribution in [2.45, 2.75) is 33.1 Å². The molecule has 1 atom stereocenters. The van der Waals surface area contributed by atoms with E-state index in [1.54, 1.807) is 0 Å². The average Bonchev–Trinajstić information content (AvgIpc) is 2.40. The molecule has 0 saturated carbocycles. The van der Waals surface area contributed by atoms with Crippen molar-refractivity contribution in [2.75, 3.05) is 13.2 Å². The standard InChI is InChI=1S/C12H15NO2.C2H6/c1-2-13-12(14)10-7-8-15-11-6-4-3-5-9(10)11;1-2/h3-6,10H,2,7-8H2,1H3,(H,13,14);1-2H3. The number of para-hydroxylation sites is 1. The molecular formula is C14H21NO2. The predicted molar refractivity (Wildman–Crippen MR) is 69.3 cm³/mol. The monoisotopic (exact) mass is 235 g/mol. The van der Waals surface area contributed by atoms with Gasteiger partial charge in [-0.05, 0) is 19.4 Å². The molecule has 1 N–H and O–H groups in total. The van der Waals surface area contributed by atoms with Crippen LogP contribution >= 0.6 is 0 Å². The van der Waals surface area contributed by atoms with Crippen molar-refractivity contribution < 1.29 is 9.53 Å². The molecule has 1 amide bonds. The predicted octanol–water partition coefficient (Wildman–Crippen LogP) is 2.72. The lowest BCUT2D eigenvalue weighted by atomic mass is 9.92. The van der Waals surface area contributed by atoms with Crippen molar-refractivity contribution in [3.63, 3.8) is 0 Å². The van der Waals surface area contributed by atoms with E-state index in [9.17, 15) is 4.79 Å². The first kappa shape index (κ1) is 13.6. The SMILES string of the molecule is CC.CCNC(=O)C1CCOc2ccccc21. The second-order valence-electron chi connectivity index (χ2n) is 3.62. The minimum atomic E-state index is -0.0464. The molecule has 1 aromatic carbocycles. The number of hydrogen-bond acceptors (Lipinski definition) is 2. The van der Waals surface area contributed by atoms with Gasteiger partial charge in [-0.3, -0.25) is 4.79 Å². The number of fused-ring (bicyclic) bond motifs is 1. The van der Waals surface area contributed by atoms with E-state index < -0.39 is 0 Å². The van der Waals surface area contributed by atoms with Crippen molar-refractivity contribution in [1.29, 1.82) is 0 Å². The summed E-state index contributed by atoms with van der Waals surface area (Å²) in [5, 5.41) is 2.86. The van der Waals surface area contributed by atoms with Crippen LogP contribution < -0.4 is 10.1 Å². The third kappa shape index (κ3) is 3.22. The van der Waals surface area contributed by atoms with Gasteiger partial charge in [0.2, 0.25) is 5.91 Å². The van der Waals surface area contributed by atoms with Crippen LogP contribution in [0.5, 0.6) is 5.75 Å². The smallest absolute Gasteiger partial charge is 0.227 e. The second-order valence-corrected chi connectivity index (χ2v) is 3.62. The highest BCUT2D eigenvalue weighted by molar-refractivity contribution is 5.84. The molecule has 1 aromatic rings. The van der Waals surface area contributed by atoms with Gasteiger partial charge in [0.05, 0.1) is 12.5 Å². The summed E-state index contributed by atoms with van der Waals surface area (Å²) in [5.41, 5.74) is 1.01. The highest BCUT2D eigenvalue weighted by Crippen LogP contribution is 2.33. The molecule has 2 rings (SSSR count). The maximum absolute atomic E-state index is 11.8. The molecule has 0 radical (unpaired) electrons. The molecule has 0 bridgehead atoms. The minimum Gasteiger partial charge on any atom is -0.493 e. The molecule has 3 nitrogen and oxygen atoms in total. The van der Waals surface area contributed by atoms with Crippen LogP contribution in [0, 0.1) is 0 Å². The Morgan fingerprint density at radius 2 is 2.12 bits per heavy atom. The van der Waals surface area contributed by atoms with Crippen LogP contribution in [0.15, 0.2) is 24.3 Å². The fraction of sp³-hybridized carbons (Fsp3) is 0.500. The molecule has 0 aromatic heterocycles. The maximum Gasteiger partial charge on any atom is 0.227 e. The molecule has 94 valence electrons. The van der Waals surface area contributed by atoms with E-state index in [0.717, 1.165) is 17.7 Å². The summed E-state index contributed by atoms with van der Waals surface area (Å²) in [4.78, 5) is 11.8. The number of amides is 1. The summed E-state index contributed by atoms with van der Waals surface area (Å²) in [6, 6.07) is 7.76. The van der Waals surface area contributed by atoms with Crippen molar-refractivity contribution in [2.24, 2.45) is 0 Å². The first-order valence-corrected chi connectivity index (χ1v) is 6.32. The Hall–Kier alpha value is -1.51. The Balaban J connectivity index is 0.000000686. The Morgan fingerprint density at radius 3 is 2.82 bits per heavy atom. The zero-order valence-electron chi connectivity index (χ0n) is 10.8. The average molecular weight is 235 g/mol. The third-order valence-corrected chi connectivity index (χ3v) is 2.63. The van der Waals surface area contributed by atoms with Gasteiger partial charge in [-0.2, -0.15) is 0 Å². The molecule has 0 aliphatic carbocycles. The fourth-order valence-corrected chi connectivity index (χ4v) is 1.91. The topological polar surface area (TPSA) is 38.3 Å². The van der Waals surface area contributed by atoms with E-state index in [1.807, 2.05) is 45.0 Å². The number of rotatable bonds is 2. The number of carbonyl (C=O) groups is 1. The van der Waals surface area contributed by atoms with Crippen LogP contribution in [0.25, 0.3) is 0 Å². The first-order chi connectivity index (χ1) is 8.33. The summed E-state index contributed by atoms with van der Waals surface area (Å²) in [6.45, 7) is 7.24. The summed E-state index contributed by atoms with van der Waals surface area (Å²) in [6.07, 6.45) is 0.767. The molecule has 0 saturated heterocycles. The Morgan fingerprint density at radius 1 is 1.41 bits per heavy atom. The van der Waals surface area contributed by atoms with Gasteiger partial charge in [-0.1, -0.05) is 32.0 Å². The molecule has 0 spiro atoms. The van der Waals surface area contributed by atoms with E-state index in [0.29, 0.717) is 13.2 Å². The number of hydrogen-bond donors (Lipinski definition) is 1. The maximum atomic E-state index is 11.8. The highest BCUT2D eigenvalue weighted by atomic mass is 16.5.